The third-order valence-corrected chi connectivity index (χ3v) is 8.70. The molecule has 29 heavy (non-hydrogen) atoms. The van der Waals surface area contributed by atoms with Crippen LogP contribution in [0.4, 0.5) is 0 Å². The molecule has 0 radical (unpaired) electrons. The Labute approximate surface area is 175 Å². The van der Waals surface area contributed by atoms with Crippen molar-refractivity contribution in [3.8, 4) is 10.6 Å². The molecule has 1 amide bonds. The Hall–Kier alpha value is -2.14. The van der Waals surface area contributed by atoms with Crippen LogP contribution < -0.4 is 5.32 Å². The number of rotatable bonds is 3. The van der Waals surface area contributed by atoms with Gasteiger partial charge < -0.3 is 5.32 Å². The van der Waals surface area contributed by atoms with Crippen LogP contribution in [0.1, 0.15) is 54.6 Å². The zero-order chi connectivity index (χ0) is 19.8. The van der Waals surface area contributed by atoms with Gasteiger partial charge in [-0.15, -0.1) is 11.3 Å². The first kappa shape index (κ1) is 17.7. The number of nitrogens with one attached hydrogen (secondary N) is 1. The molecule has 0 saturated heterocycles. The van der Waals surface area contributed by atoms with Crippen molar-refractivity contribution in [1.29, 1.82) is 0 Å². The van der Waals surface area contributed by atoms with Gasteiger partial charge in [0, 0.05) is 22.8 Å². The first-order valence-corrected chi connectivity index (χ1v) is 11.7. The molecule has 3 aromatic rings. The number of carbonyl (C=O) groups excluding carboxylic acids is 1. The van der Waals surface area contributed by atoms with E-state index in [9.17, 15) is 4.79 Å². The number of amides is 1. The Morgan fingerprint density at radius 3 is 2.45 bits per heavy atom. The lowest BCUT2D eigenvalue weighted by Gasteiger charge is -2.56. The highest BCUT2D eigenvalue weighted by molar-refractivity contribution is 7.22. The summed E-state index contributed by atoms with van der Waals surface area (Å²) in [6, 6.07) is 10.6. The molecule has 0 atom stereocenters. The fraction of sp³-hybridized carbons (Fsp3) is 0.500. The minimum Gasteiger partial charge on any atom is -0.345 e. The van der Waals surface area contributed by atoms with Gasteiger partial charge in [-0.25, -0.2) is 0 Å². The first-order valence-electron chi connectivity index (χ1n) is 10.8. The highest BCUT2D eigenvalue weighted by Gasteiger charge is 2.51. The van der Waals surface area contributed by atoms with Crippen LogP contribution in [0.2, 0.25) is 0 Å². The summed E-state index contributed by atoms with van der Waals surface area (Å²) in [6.45, 7) is 2.04. The summed E-state index contributed by atoms with van der Waals surface area (Å²) in [5, 5.41) is 9.40. The minimum absolute atomic E-state index is 0.0208. The lowest BCUT2D eigenvalue weighted by atomic mass is 9.53. The SMILES string of the molecule is Cc1c(C(=O)NC23CC4CC(CC(C4)C2)C3)nn(C)c1-c1cc2ccccc2s1. The summed E-state index contributed by atoms with van der Waals surface area (Å²) in [5.74, 6) is 2.48. The van der Waals surface area contributed by atoms with Crippen LogP contribution in [0.15, 0.2) is 30.3 Å². The Morgan fingerprint density at radius 1 is 1.14 bits per heavy atom. The molecule has 5 heteroatoms. The molecular formula is C24H27N3OS. The average Bonchev–Trinajstić information content (AvgIpc) is 3.20. The van der Waals surface area contributed by atoms with E-state index in [0.717, 1.165) is 29.0 Å². The summed E-state index contributed by atoms with van der Waals surface area (Å²) in [5.41, 5.74) is 2.66. The van der Waals surface area contributed by atoms with Gasteiger partial charge in [0.25, 0.3) is 5.91 Å². The molecule has 2 heterocycles. The molecule has 0 aliphatic heterocycles. The predicted octanol–water partition coefficient (Wildman–Crippen LogP) is 5.31. The minimum atomic E-state index is 0.0208. The summed E-state index contributed by atoms with van der Waals surface area (Å²) in [4.78, 5) is 14.5. The summed E-state index contributed by atoms with van der Waals surface area (Å²) < 4.78 is 3.15. The number of fused-ring (bicyclic) bond motifs is 1. The number of hydrogen-bond acceptors (Lipinski definition) is 3. The maximum atomic E-state index is 13.3. The van der Waals surface area contributed by atoms with E-state index in [-0.39, 0.29) is 11.4 Å². The van der Waals surface area contributed by atoms with Gasteiger partial charge in [0.1, 0.15) is 0 Å². The average molecular weight is 406 g/mol. The Kier molecular flexibility index (Phi) is 3.77. The van der Waals surface area contributed by atoms with Gasteiger partial charge in [0.15, 0.2) is 5.69 Å². The second-order valence-corrected chi connectivity index (χ2v) is 10.8. The van der Waals surface area contributed by atoms with Crippen LogP contribution in [-0.2, 0) is 7.05 Å². The van der Waals surface area contributed by atoms with Gasteiger partial charge in [-0.05, 0) is 80.7 Å². The van der Waals surface area contributed by atoms with Crippen molar-refractivity contribution in [3.63, 3.8) is 0 Å². The Balaban J connectivity index is 1.32. The predicted molar refractivity (Wildman–Crippen MR) is 117 cm³/mol. The van der Waals surface area contributed by atoms with E-state index in [1.807, 2.05) is 18.7 Å². The highest BCUT2D eigenvalue weighted by atomic mass is 32.1. The van der Waals surface area contributed by atoms with Gasteiger partial charge in [-0.3, -0.25) is 9.48 Å². The van der Waals surface area contributed by atoms with Crippen molar-refractivity contribution >= 4 is 27.3 Å². The smallest absolute Gasteiger partial charge is 0.272 e. The fourth-order valence-corrected chi connectivity index (χ4v) is 8.05. The van der Waals surface area contributed by atoms with Crippen LogP contribution in [0.3, 0.4) is 0 Å². The van der Waals surface area contributed by atoms with Crippen molar-refractivity contribution in [2.24, 2.45) is 24.8 Å². The molecule has 2 aromatic heterocycles. The second kappa shape index (κ2) is 6.18. The molecule has 1 aromatic carbocycles. The molecule has 4 saturated carbocycles. The molecule has 0 unspecified atom stereocenters. The maximum absolute atomic E-state index is 13.3. The maximum Gasteiger partial charge on any atom is 0.272 e. The van der Waals surface area contributed by atoms with Gasteiger partial charge in [-0.2, -0.15) is 5.10 Å². The number of thiophene rings is 1. The Bertz CT molecular complexity index is 1060. The standard InChI is InChI=1S/C24H27N3OS/c1-14-21(23(28)25-24-11-15-7-16(12-24)9-17(8-15)13-24)26-27(2)22(14)20-10-18-5-3-4-6-19(18)29-20/h3-6,10,15-17H,7-9,11-13H2,1-2H3,(H,25,28). The van der Waals surface area contributed by atoms with E-state index in [4.69, 9.17) is 0 Å². The number of aromatic nitrogens is 2. The molecule has 4 aliphatic carbocycles. The van der Waals surface area contributed by atoms with Crippen molar-refractivity contribution in [2.45, 2.75) is 51.0 Å². The Morgan fingerprint density at radius 2 is 1.79 bits per heavy atom. The lowest BCUT2D eigenvalue weighted by Crippen LogP contribution is -2.59. The quantitative estimate of drug-likeness (QED) is 0.642. The van der Waals surface area contributed by atoms with E-state index in [1.165, 1.54) is 53.5 Å². The molecule has 1 N–H and O–H groups in total. The van der Waals surface area contributed by atoms with Crippen molar-refractivity contribution in [1.82, 2.24) is 15.1 Å². The van der Waals surface area contributed by atoms with Gasteiger partial charge in [-0.1, -0.05) is 18.2 Å². The third-order valence-electron chi connectivity index (χ3n) is 7.57. The van der Waals surface area contributed by atoms with Gasteiger partial charge in [0.05, 0.1) is 10.6 Å². The summed E-state index contributed by atoms with van der Waals surface area (Å²) >= 11 is 1.77. The van der Waals surface area contributed by atoms with Crippen molar-refractivity contribution < 1.29 is 4.79 Å². The normalized spacial score (nSPS) is 30.2. The molecule has 4 fully saturated rings. The van der Waals surface area contributed by atoms with Crippen LogP contribution >= 0.6 is 11.3 Å². The van der Waals surface area contributed by atoms with Crippen LogP contribution in [0, 0.1) is 24.7 Å². The number of hydrogen-bond donors (Lipinski definition) is 1. The second-order valence-electron chi connectivity index (χ2n) is 9.75. The third kappa shape index (κ3) is 2.77. The van der Waals surface area contributed by atoms with E-state index in [1.54, 1.807) is 11.3 Å². The summed E-state index contributed by atoms with van der Waals surface area (Å²) in [7, 11) is 1.95. The zero-order valence-corrected chi connectivity index (χ0v) is 17.9. The zero-order valence-electron chi connectivity index (χ0n) is 17.1. The van der Waals surface area contributed by atoms with Crippen molar-refractivity contribution in [2.75, 3.05) is 0 Å². The van der Waals surface area contributed by atoms with Gasteiger partial charge >= 0.3 is 0 Å². The van der Waals surface area contributed by atoms with Crippen molar-refractivity contribution in [3.05, 3.63) is 41.6 Å². The summed E-state index contributed by atoms with van der Waals surface area (Å²) in [6.07, 6.45) is 7.65. The van der Waals surface area contributed by atoms with E-state index in [0.29, 0.717) is 5.69 Å². The molecule has 7 rings (SSSR count). The van der Waals surface area contributed by atoms with E-state index >= 15 is 0 Å². The lowest BCUT2D eigenvalue weighted by molar-refractivity contribution is -0.0168. The highest BCUT2D eigenvalue weighted by Crippen LogP contribution is 2.55. The topological polar surface area (TPSA) is 46.9 Å². The van der Waals surface area contributed by atoms with Crippen LogP contribution in [0.5, 0.6) is 0 Å². The van der Waals surface area contributed by atoms with Crippen LogP contribution in [0.25, 0.3) is 20.7 Å². The molecule has 4 nitrogen and oxygen atoms in total. The largest absolute Gasteiger partial charge is 0.345 e. The number of nitrogens with zero attached hydrogens (tertiary/aromatic N) is 2. The molecular weight excluding hydrogens is 378 g/mol. The molecule has 150 valence electrons. The van der Waals surface area contributed by atoms with Gasteiger partial charge in [0.2, 0.25) is 0 Å². The monoisotopic (exact) mass is 405 g/mol. The van der Waals surface area contributed by atoms with E-state index in [2.05, 4.69) is 40.7 Å². The molecule has 0 spiro atoms. The van der Waals surface area contributed by atoms with Crippen LogP contribution in [-0.4, -0.2) is 21.2 Å². The number of aryl methyl sites for hydroxylation is 1. The number of benzene rings is 1. The van der Waals surface area contributed by atoms with E-state index < -0.39 is 0 Å². The fourth-order valence-electron chi connectivity index (χ4n) is 6.85. The first-order chi connectivity index (χ1) is 14.0. The molecule has 4 bridgehead atoms. The number of carbonyl (C=O) groups is 1. The molecule has 4 aliphatic rings.